The van der Waals surface area contributed by atoms with Crippen LogP contribution in [0.5, 0.6) is 0 Å². The van der Waals surface area contributed by atoms with Crippen LogP contribution in [-0.4, -0.2) is 51.3 Å². The molecule has 0 saturated heterocycles. The minimum atomic E-state index is -4.72. The van der Waals surface area contributed by atoms with Crippen LogP contribution >= 0.6 is 0 Å². The van der Waals surface area contributed by atoms with Gasteiger partial charge in [0.15, 0.2) is 9.84 Å². The summed E-state index contributed by atoms with van der Waals surface area (Å²) in [4.78, 5) is 10.1. The third-order valence-electron chi connectivity index (χ3n) is 1.89. The Kier molecular flexibility index (Phi) is 6.08. The Morgan fingerprint density at radius 3 is 2.28 bits per heavy atom. The molecule has 0 aliphatic carbocycles. The lowest BCUT2D eigenvalue weighted by Crippen LogP contribution is -2.39. The van der Waals surface area contributed by atoms with E-state index in [4.69, 9.17) is 0 Å². The second-order valence-electron chi connectivity index (χ2n) is 4.36. The normalized spacial score (nSPS) is 13.4. The Morgan fingerprint density at radius 1 is 1.28 bits per heavy atom. The van der Waals surface area contributed by atoms with Gasteiger partial charge in [-0.3, -0.25) is 4.79 Å². The molecule has 0 spiro atoms. The monoisotopic (exact) mass is 291 g/mol. The lowest BCUT2D eigenvalue weighted by molar-refractivity contribution is -0.139. The summed E-state index contributed by atoms with van der Waals surface area (Å²) in [6.45, 7) is 3.43. The van der Waals surface area contributed by atoms with Gasteiger partial charge in [-0.05, 0) is 13.8 Å². The molecule has 0 aliphatic rings. The fraction of sp³-hybridized carbons (Fsp3) is 0.889. The summed E-state index contributed by atoms with van der Waals surface area (Å²) in [5.41, 5.74) is -0.838. The van der Waals surface area contributed by atoms with E-state index in [9.17, 15) is 26.4 Å². The molecule has 108 valence electrons. The van der Waals surface area contributed by atoms with Crippen LogP contribution in [0.25, 0.3) is 0 Å². The van der Waals surface area contributed by atoms with Gasteiger partial charge >= 0.3 is 6.18 Å². The van der Waals surface area contributed by atoms with Crippen molar-refractivity contribution >= 4 is 16.3 Å². The van der Waals surface area contributed by atoms with Gasteiger partial charge in [0.25, 0.3) is 6.47 Å². The van der Waals surface area contributed by atoms with Gasteiger partial charge < -0.3 is 10.1 Å². The van der Waals surface area contributed by atoms with Crippen LogP contribution in [-0.2, 0) is 19.4 Å². The van der Waals surface area contributed by atoms with Gasteiger partial charge in [0.2, 0.25) is 0 Å². The van der Waals surface area contributed by atoms with Crippen LogP contribution < -0.4 is 5.32 Å². The average molecular weight is 291 g/mol. The molecule has 0 atom stereocenters. The number of hydrogen-bond acceptors (Lipinski definition) is 5. The second-order valence-corrected chi connectivity index (χ2v) is 6.54. The molecule has 0 fully saturated rings. The van der Waals surface area contributed by atoms with Crippen molar-refractivity contribution in [3.8, 4) is 0 Å². The molecule has 18 heavy (non-hydrogen) atoms. The van der Waals surface area contributed by atoms with Crippen LogP contribution in [0.1, 0.15) is 13.8 Å². The lowest BCUT2D eigenvalue weighted by atomic mass is 10.1. The smallest absolute Gasteiger partial charge is 0.402 e. The van der Waals surface area contributed by atoms with E-state index in [1.54, 1.807) is 13.8 Å². The molecular formula is C9H16F3NO4S. The Bertz CT molecular complexity index is 364. The number of ether oxygens (including phenoxy) is 1. The van der Waals surface area contributed by atoms with Gasteiger partial charge in [-0.25, -0.2) is 8.42 Å². The molecule has 1 N–H and O–H groups in total. The SMILES string of the molecule is CC(C)(CNCCS(=O)(=O)CC(F)(F)F)OC=O. The van der Waals surface area contributed by atoms with Gasteiger partial charge in [0, 0.05) is 13.1 Å². The summed E-state index contributed by atoms with van der Waals surface area (Å²) in [7, 11) is -4.17. The highest BCUT2D eigenvalue weighted by Gasteiger charge is 2.34. The third-order valence-corrected chi connectivity index (χ3v) is 3.48. The van der Waals surface area contributed by atoms with Gasteiger partial charge in [-0.15, -0.1) is 0 Å². The fourth-order valence-electron chi connectivity index (χ4n) is 1.11. The van der Waals surface area contributed by atoms with Gasteiger partial charge in [-0.2, -0.15) is 13.2 Å². The highest BCUT2D eigenvalue weighted by atomic mass is 32.2. The van der Waals surface area contributed by atoms with Crippen molar-refractivity contribution in [3.63, 3.8) is 0 Å². The predicted molar refractivity (Wildman–Crippen MR) is 58.8 cm³/mol. The van der Waals surface area contributed by atoms with Gasteiger partial charge in [-0.1, -0.05) is 0 Å². The van der Waals surface area contributed by atoms with Crippen LogP contribution in [0.4, 0.5) is 13.2 Å². The van der Waals surface area contributed by atoms with E-state index in [-0.39, 0.29) is 19.6 Å². The van der Waals surface area contributed by atoms with Crippen LogP contribution in [0.2, 0.25) is 0 Å². The van der Waals surface area contributed by atoms with E-state index >= 15 is 0 Å². The molecular weight excluding hydrogens is 275 g/mol. The number of carbonyl (C=O) groups is 1. The highest BCUT2D eigenvalue weighted by Crippen LogP contribution is 2.17. The fourth-order valence-corrected chi connectivity index (χ4v) is 2.21. The van der Waals surface area contributed by atoms with Crippen molar-refractivity contribution < 1.29 is 31.1 Å². The number of nitrogens with one attached hydrogen (secondary N) is 1. The van der Waals surface area contributed by atoms with Crippen molar-refractivity contribution in [2.24, 2.45) is 0 Å². The molecule has 0 aromatic heterocycles. The van der Waals surface area contributed by atoms with E-state index in [0.29, 0.717) is 0 Å². The quantitative estimate of drug-likeness (QED) is 0.521. The predicted octanol–water partition coefficient (Wildman–Crippen LogP) is 0.505. The molecule has 0 unspecified atom stereocenters. The maximum atomic E-state index is 11.9. The van der Waals surface area contributed by atoms with Gasteiger partial charge in [0.05, 0.1) is 5.75 Å². The molecule has 0 radical (unpaired) electrons. The minimum absolute atomic E-state index is 0.135. The topological polar surface area (TPSA) is 72.5 Å². The number of alkyl halides is 3. The van der Waals surface area contributed by atoms with Crippen molar-refractivity contribution in [1.82, 2.24) is 5.32 Å². The summed E-state index contributed by atoms with van der Waals surface area (Å²) in [5.74, 6) is -2.44. The molecule has 0 aromatic carbocycles. The summed E-state index contributed by atoms with van der Waals surface area (Å²) in [6.07, 6.45) is -4.72. The summed E-state index contributed by atoms with van der Waals surface area (Å²) < 4.78 is 62.4. The zero-order valence-corrected chi connectivity index (χ0v) is 10.9. The second kappa shape index (κ2) is 6.37. The maximum absolute atomic E-state index is 11.9. The minimum Gasteiger partial charge on any atom is -0.461 e. The Hall–Kier alpha value is -0.830. The Balaban J connectivity index is 4.02. The molecule has 0 amide bonds. The maximum Gasteiger partial charge on any atom is 0.402 e. The van der Waals surface area contributed by atoms with E-state index < -0.39 is 33.1 Å². The first-order chi connectivity index (χ1) is 7.97. The summed E-state index contributed by atoms with van der Waals surface area (Å²) >= 11 is 0. The molecule has 0 aromatic rings. The lowest BCUT2D eigenvalue weighted by Gasteiger charge is -2.22. The Morgan fingerprint density at radius 2 is 1.83 bits per heavy atom. The number of sulfone groups is 1. The first-order valence-corrected chi connectivity index (χ1v) is 6.89. The van der Waals surface area contributed by atoms with E-state index in [1.165, 1.54) is 0 Å². The first kappa shape index (κ1) is 17.2. The van der Waals surface area contributed by atoms with Crippen molar-refractivity contribution in [2.45, 2.75) is 25.6 Å². The molecule has 9 heteroatoms. The Labute approximate surface area is 104 Å². The number of halogens is 3. The average Bonchev–Trinajstić information content (AvgIpc) is 2.08. The molecule has 0 heterocycles. The zero-order chi connectivity index (χ0) is 14.4. The summed E-state index contributed by atoms with van der Waals surface area (Å²) in [5, 5.41) is 2.62. The number of hydrogen-bond donors (Lipinski definition) is 1. The highest BCUT2D eigenvalue weighted by molar-refractivity contribution is 7.91. The zero-order valence-electron chi connectivity index (χ0n) is 10.1. The number of carbonyl (C=O) groups excluding carboxylic acids is 1. The molecule has 0 aliphatic heterocycles. The first-order valence-electron chi connectivity index (χ1n) is 5.07. The van der Waals surface area contributed by atoms with E-state index in [2.05, 4.69) is 10.1 Å². The van der Waals surface area contributed by atoms with E-state index in [0.717, 1.165) is 0 Å². The van der Waals surface area contributed by atoms with Crippen LogP contribution in [0.3, 0.4) is 0 Å². The van der Waals surface area contributed by atoms with E-state index in [1.807, 2.05) is 0 Å². The van der Waals surface area contributed by atoms with Crippen LogP contribution in [0.15, 0.2) is 0 Å². The van der Waals surface area contributed by atoms with Gasteiger partial charge in [0.1, 0.15) is 11.4 Å². The standard InChI is InChI=1S/C9H16F3NO4S/c1-8(2,17-7-14)5-13-3-4-18(15,16)6-9(10,11)12/h7,13H,3-6H2,1-2H3. The molecule has 0 saturated carbocycles. The number of rotatable bonds is 8. The molecule has 5 nitrogen and oxygen atoms in total. The molecule has 0 bridgehead atoms. The van der Waals surface area contributed by atoms with Crippen molar-refractivity contribution in [2.75, 3.05) is 24.6 Å². The van der Waals surface area contributed by atoms with Crippen LogP contribution in [0, 0.1) is 0 Å². The van der Waals surface area contributed by atoms with Crippen molar-refractivity contribution in [1.29, 1.82) is 0 Å². The molecule has 0 rings (SSSR count). The largest absolute Gasteiger partial charge is 0.461 e. The third kappa shape index (κ3) is 9.23. The van der Waals surface area contributed by atoms with Crippen molar-refractivity contribution in [3.05, 3.63) is 0 Å². The summed E-state index contributed by atoms with van der Waals surface area (Å²) in [6, 6.07) is 0.